The summed E-state index contributed by atoms with van der Waals surface area (Å²) in [5.41, 5.74) is -0.109. The third-order valence-corrected chi connectivity index (χ3v) is 7.85. The van der Waals surface area contributed by atoms with E-state index in [2.05, 4.69) is 9.97 Å². The van der Waals surface area contributed by atoms with E-state index in [0.29, 0.717) is 32.9 Å². The van der Waals surface area contributed by atoms with Gasteiger partial charge < -0.3 is 19.0 Å². The zero-order chi connectivity index (χ0) is 24.2. The number of aromatic nitrogens is 2. The van der Waals surface area contributed by atoms with Gasteiger partial charge in [0.25, 0.3) is 0 Å². The van der Waals surface area contributed by atoms with Crippen LogP contribution >= 0.6 is 7.60 Å². The maximum atomic E-state index is 14.7. The number of benzene rings is 2. The number of fused-ring (bicyclic) bond motifs is 2. The van der Waals surface area contributed by atoms with Crippen molar-refractivity contribution in [3.8, 4) is 0 Å². The summed E-state index contributed by atoms with van der Waals surface area (Å²) < 4.78 is 55.6. The van der Waals surface area contributed by atoms with Gasteiger partial charge in [0.05, 0.1) is 11.2 Å². The predicted octanol–water partition coefficient (Wildman–Crippen LogP) is 7.84. The molecule has 0 bridgehead atoms. The van der Waals surface area contributed by atoms with Crippen molar-refractivity contribution in [3.05, 3.63) is 71.6 Å². The van der Waals surface area contributed by atoms with Crippen molar-refractivity contribution in [2.45, 2.75) is 58.4 Å². The maximum Gasteiger partial charge on any atom is 0.343 e. The highest BCUT2D eigenvalue weighted by atomic mass is 31.2. The number of hydrogen-bond donors (Lipinski definition) is 2. The van der Waals surface area contributed by atoms with Gasteiger partial charge in [0.2, 0.25) is 0 Å². The van der Waals surface area contributed by atoms with Crippen molar-refractivity contribution in [1.82, 2.24) is 9.97 Å². The first kappa shape index (κ1) is 23.7. The lowest BCUT2D eigenvalue weighted by atomic mass is 10.0. The van der Waals surface area contributed by atoms with E-state index in [0.717, 1.165) is 0 Å². The normalized spacial score (nSPS) is 13.5. The highest BCUT2D eigenvalue weighted by Gasteiger charge is 2.46. The number of rotatable bonds is 5. The van der Waals surface area contributed by atoms with Crippen LogP contribution in [0.3, 0.4) is 0 Å². The summed E-state index contributed by atoms with van der Waals surface area (Å²) in [6.07, 6.45) is 3.38. The first-order chi connectivity index (χ1) is 15.3. The molecule has 4 rings (SSSR count). The molecule has 0 fully saturated rings. The minimum atomic E-state index is -3.97. The summed E-state index contributed by atoms with van der Waals surface area (Å²) >= 11 is 0. The number of nitrogens with one attached hydrogen (secondary N) is 2. The van der Waals surface area contributed by atoms with Crippen LogP contribution in [0.15, 0.2) is 48.8 Å². The Labute approximate surface area is 192 Å². The Morgan fingerprint density at radius 2 is 1.15 bits per heavy atom. The summed E-state index contributed by atoms with van der Waals surface area (Å²) in [4.78, 5) is 6.26. The molecule has 5 nitrogen and oxygen atoms in total. The second-order valence-corrected chi connectivity index (χ2v) is 12.2. The second-order valence-electron chi connectivity index (χ2n) is 10.2. The van der Waals surface area contributed by atoms with Crippen LogP contribution in [0.2, 0.25) is 0 Å². The fourth-order valence-corrected chi connectivity index (χ4v) is 6.96. The van der Waals surface area contributed by atoms with Crippen molar-refractivity contribution >= 4 is 29.4 Å². The minimum absolute atomic E-state index is 0.421. The molecular weight excluding hydrogens is 445 g/mol. The Morgan fingerprint density at radius 3 is 1.52 bits per heavy atom. The molecule has 2 heterocycles. The maximum absolute atomic E-state index is 14.7. The standard InChI is InChI=1S/C25H29F2N2O3P/c1-24(2,3)31-33(30,32-25(4,5)6)23(19-13-28-21-9-7-15(26)11-17(19)21)20-14-29-22-10-8-16(27)12-18(20)22/h7-14,23,28-29H,1-6H3. The molecule has 0 aliphatic carbocycles. The molecule has 0 unspecified atom stereocenters. The fraction of sp³-hybridized carbons (Fsp3) is 0.360. The molecule has 4 aromatic rings. The number of hydrogen-bond acceptors (Lipinski definition) is 3. The van der Waals surface area contributed by atoms with Crippen molar-refractivity contribution < 1.29 is 22.4 Å². The first-order valence-electron chi connectivity index (χ1n) is 10.8. The highest BCUT2D eigenvalue weighted by Crippen LogP contribution is 2.68. The number of halogens is 2. The largest absolute Gasteiger partial charge is 0.361 e. The monoisotopic (exact) mass is 474 g/mol. The van der Waals surface area contributed by atoms with Crippen LogP contribution in [0, 0.1) is 11.6 Å². The molecule has 8 heteroatoms. The molecule has 0 saturated heterocycles. The van der Waals surface area contributed by atoms with Gasteiger partial charge in [-0.15, -0.1) is 0 Å². The average Bonchev–Trinajstić information content (AvgIpc) is 3.23. The van der Waals surface area contributed by atoms with Crippen molar-refractivity contribution in [2.75, 3.05) is 0 Å². The van der Waals surface area contributed by atoms with E-state index >= 15 is 0 Å². The summed E-state index contributed by atoms with van der Waals surface area (Å²) in [5.74, 6) is -0.842. The lowest BCUT2D eigenvalue weighted by Crippen LogP contribution is -2.26. The van der Waals surface area contributed by atoms with E-state index in [1.807, 2.05) is 0 Å². The molecule has 0 amide bonds. The van der Waals surface area contributed by atoms with Crippen LogP contribution in [-0.4, -0.2) is 21.2 Å². The summed E-state index contributed by atoms with van der Waals surface area (Å²) in [7, 11) is -3.97. The van der Waals surface area contributed by atoms with E-state index in [4.69, 9.17) is 9.05 Å². The van der Waals surface area contributed by atoms with E-state index in [-0.39, 0.29) is 0 Å². The quantitative estimate of drug-likeness (QED) is 0.290. The van der Waals surface area contributed by atoms with Gasteiger partial charge in [-0.05, 0) is 89.1 Å². The van der Waals surface area contributed by atoms with E-state index in [1.54, 1.807) is 66.1 Å². The molecule has 2 aromatic carbocycles. The summed E-state index contributed by atoms with van der Waals surface area (Å²) in [5, 5.41) is 1.11. The smallest absolute Gasteiger partial charge is 0.343 e. The van der Waals surface area contributed by atoms with Crippen LogP contribution in [-0.2, 0) is 13.6 Å². The molecule has 0 saturated carbocycles. The van der Waals surface area contributed by atoms with Crippen molar-refractivity contribution in [1.29, 1.82) is 0 Å². The van der Waals surface area contributed by atoms with Crippen LogP contribution in [0.5, 0.6) is 0 Å². The van der Waals surface area contributed by atoms with Crippen LogP contribution in [0.1, 0.15) is 58.3 Å². The molecule has 176 valence electrons. The van der Waals surface area contributed by atoms with Gasteiger partial charge >= 0.3 is 7.60 Å². The zero-order valence-corrected chi connectivity index (χ0v) is 20.5. The molecule has 2 aromatic heterocycles. The number of H-pyrrole nitrogens is 2. The van der Waals surface area contributed by atoms with E-state index in [1.165, 1.54) is 24.3 Å². The zero-order valence-electron chi connectivity index (χ0n) is 19.6. The summed E-state index contributed by atoms with van der Waals surface area (Å²) in [6, 6.07) is 8.75. The lowest BCUT2D eigenvalue weighted by molar-refractivity contribution is 0.0465. The van der Waals surface area contributed by atoms with Gasteiger partial charge in [0.1, 0.15) is 17.3 Å². The lowest BCUT2D eigenvalue weighted by Gasteiger charge is -2.36. The summed E-state index contributed by atoms with van der Waals surface area (Å²) in [6.45, 7) is 10.8. The molecule has 0 radical (unpaired) electrons. The SMILES string of the molecule is CC(C)(C)OP(=O)(OC(C)(C)C)C(c1c[nH]c2ccc(F)cc12)c1c[nH]c2ccc(F)cc12. The first-order valence-corrected chi connectivity index (χ1v) is 12.4. The predicted molar refractivity (Wildman–Crippen MR) is 128 cm³/mol. The van der Waals surface area contributed by atoms with Crippen LogP contribution < -0.4 is 0 Å². The second kappa shape index (κ2) is 8.08. The van der Waals surface area contributed by atoms with Crippen molar-refractivity contribution in [2.24, 2.45) is 0 Å². The van der Waals surface area contributed by atoms with E-state index in [9.17, 15) is 13.3 Å². The molecule has 0 aliphatic rings. The Bertz CT molecular complexity index is 1260. The molecule has 0 spiro atoms. The van der Waals surface area contributed by atoms with Gasteiger partial charge in [-0.25, -0.2) is 8.78 Å². The average molecular weight is 474 g/mol. The Kier molecular flexibility index (Phi) is 5.80. The third kappa shape index (κ3) is 4.91. The Balaban J connectivity index is 2.05. The molecule has 0 aliphatic heterocycles. The fourth-order valence-electron chi connectivity index (χ4n) is 4.08. The van der Waals surface area contributed by atoms with Crippen molar-refractivity contribution in [3.63, 3.8) is 0 Å². The van der Waals surface area contributed by atoms with Gasteiger partial charge in [-0.2, -0.15) is 0 Å². The highest BCUT2D eigenvalue weighted by molar-refractivity contribution is 7.54. The molecule has 2 N–H and O–H groups in total. The number of aromatic amines is 2. The van der Waals surface area contributed by atoms with Gasteiger partial charge in [0.15, 0.2) is 0 Å². The topological polar surface area (TPSA) is 67.1 Å². The Hall–Kier alpha value is -2.47. The van der Waals surface area contributed by atoms with E-state index < -0.39 is 36.1 Å². The molecule has 0 atom stereocenters. The van der Waals surface area contributed by atoms with Gasteiger partial charge in [-0.1, -0.05) is 0 Å². The molecular formula is C25H29F2N2O3P. The van der Waals surface area contributed by atoms with Crippen LogP contribution in [0.25, 0.3) is 21.8 Å². The Morgan fingerprint density at radius 1 is 0.758 bits per heavy atom. The van der Waals surface area contributed by atoms with Gasteiger partial charge in [0, 0.05) is 34.2 Å². The molecule has 33 heavy (non-hydrogen) atoms. The minimum Gasteiger partial charge on any atom is -0.361 e. The third-order valence-electron chi connectivity index (χ3n) is 5.06. The van der Waals surface area contributed by atoms with Gasteiger partial charge in [-0.3, -0.25) is 4.57 Å². The van der Waals surface area contributed by atoms with Crippen LogP contribution in [0.4, 0.5) is 8.78 Å².